The van der Waals surface area contributed by atoms with Gasteiger partial charge in [-0.25, -0.2) is 4.79 Å². The molecule has 2 unspecified atom stereocenters. The minimum atomic E-state index is -5.16. The number of carbonyl (C=O) groups excluding carboxylic acids is 1. The summed E-state index contributed by atoms with van der Waals surface area (Å²) >= 11 is 18.2. The summed E-state index contributed by atoms with van der Waals surface area (Å²) in [6.45, 7) is 2.38. The quantitative estimate of drug-likeness (QED) is 0.322. The normalized spacial score (nSPS) is 14.2. The first-order valence-electron chi connectivity index (χ1n) is 10.2. The second-order valence-corrected chi connectivity index (χ2v) is 9.11. The molecule has 0 aliphatic rings. The van der Waals surface area contributed by atoms with Crippen LogP contribution in [-0.2, 0) is 10.3 Å². The molecule has 0 spiro atoms. The van der Waals surface area contributed by atoms with Crippen molar-refractivity contribution in [3.05, 3.63) is 90.3 Å². The van der Waals surface area contributed by atoms with Crippen LogP contribution in [-0.4, -0.2) is 29.3 Å². The number of benzene rings is 2. The van der Waals surface area contributed by atoms with Gasteiger partial charge in [0, 0.05) is 28.3 Å². The first-order chi connectivity index (χ1) is 16.7. The molecule has 3 aromatic rings. The maximum Gasteiger partial charge on any atom is 0.422 e. The number of esters is 1. The first-order valence-corrected chi connectivity index (χ1v) is 11.4. The lowest BCUT2D eigenvalue weighted by atomic mass is 9.77. The third-order valence-electron chi connectivity index (χ3n) is 5.68. The summed E-state index contributed by atoms with van der Waals surface area (Å²) in [6.07, 6.45) is -5.16. The number of halogens is 6. The average Bonchev–Trinajstić information content (AvgIpc) is 2.79. The Morgan fingerprint density at radius 3 is 2.11 bits per heavy atom. The number of H-pyrrole nitrogens is 1. The van der Waals surface area contributed by atoms with Crippen molar-refractivity contribution in [3.63, 3.8) is 0 Å². The standard InChI is InChI=1S/C24H19Cl3F3NO5/c1-11(23(34,24(28,29)30)17-10-20(27)21(32)31-12(17)2)15-6-4-13(8-18(15)25)36-14-5-7-16(19(26)9-14)22(33)35-3/h4-11,34H,1-3H3,(H,31,32). The van der Waals surface area contributed by atoms with Crippen LogP contribution in [0.15, 0.2) is 47.3 Å². The number of methoxy groups -OCH3 is 1. The van der Waals surface area contributed by atoms with Gasteiger partial charge in [0.15, 0.2) is 5.60 Å². The van der Waals surface area contributed by atoms with Gasteiger partial charge >= 0.3 is 12.1 Å². The Morgan fingerprint density at radius 2 is 1.58 bits per heavy atom. The zero-order chi connectivity index (χ0) is 27.0. The van der Waals surface area contributed by atoms with Crippen LogP contribution in [0.3, 0.4) is 0 Å². The minimum Gasteiger partial charge on any atom is -0.465 e. The Balaban J connectivity index is 1.99. The fourth-order valence-electron chi connectivity index (χ4n) is 3.74. The van der Waals surface area contributed by atoms with Gasteiger partial charge in [-0.1, -0.05) is 47.8 Å². The Morgan fingerprint density at radius 1 is 1.00 bits per heavy atom. The number of ether oxygens (including phenoxy) is 2. The highest BCUT2D eigenvalue weighted by molar-refractivity contribution is 6.33. The summed E-state index contributed by atoms with van der Waals surface area (Å²) in [5, 5.41) is 10.5. The van der Waals surface area contributed by atoms with E-state index in [-0.39, 0.29) is 38.4 Å². The maximum absolute atomic E-state index is 14.3. The van der Waals surface area contributed by atoms with E-state index in [0.717, 1.165) is 13.0 Å². The van der Waals surface area contributed by atoms with Gasteiger partial charge in [-0.2, -0.15) is 13.2 Å². The molecular weight excluding hydrogens is 546 g/mol. The fraction of sp³-hybridized carbons (Fsp3) is 0.250. The predicted octanol–water partition coefficient (Wildman–Crippen LogP) is 6.78. The van der Waals surface area contributed by atoms with E-state index in [1.165, 1.54) is 50.4 Å². The van der Waals surface area contributed by atoms with Crippen LogP contribution >= 0.6 is 34.8 Å². The molecule has 0 radical (unpaired) electrons. The van der Waals surface area contributed by atoms with Gasteiger partial charge in [0.1, 0.15) is 16.5 Å². The molecule has 12 heteroatoms. The monoisotopic (exact) mass is 563 g/mol. The summed E-state index contributed by atoms with van der Waals surface area (Å²) in [4.78, 5) is 25.6. The van der Waals surface area contributed by atoms with E-state index in [1.54, 1.807) is 0 Å². The maximum atomic E-state index is 14.3. The van der Waals surface area contributed by atoms with Crippen LogP contribution in [0.2, 0.25) is 15.1 Å². The van der Waals surface area contributed by atoms with Crippen molar-refractivity contribution in [1.82, 2.24) is 4.98 Å². The number of aliphatic hydroxyl groups is 1. The van der Waals surface area contributed by atoms with Gasteiger partial charge in [0.25, 0.3) is 5.56 Å². The van der Waals surface area contributed by atoms with E-state index in [1.807, 2.05) is 0 Å². The molecule has 6 nitrogen and oxygen atoms in total. The number of hydrogen-bond donors (Lipinski definition) is 2. The number of nitrogens with one attached hydrogen (secondary N) is 1. The third kappa shape index (κ3) is 5.20. The largest absolute Gasteiger partial charge is 0.465 e. The van der Waals surface area contributed by atoms with Crippen molar-refractivity contribution in [1.29, 1.82) is 0 Å². The molecule has 0 amide bonds. The van der Waals surface area contributed by atoms with Crippen molar-refractivity contribution >= 4 is 40.8 Å². The lowest BCUT2D eigenvalue weighted by Crippen LogP contribution is -2.47. The number of alkyl halides is 3. The van der Waals surface area contributed by atoms with Crippen molar-refractivity contribution in [2.45, 2.75) is 31.5 Å². The average molecular weight is 565 g/mol. The van der Waals surface area contributed by atoms with Crippen LogP contribution < -0.4 is 10.3 Å². The number of rotatable bonds is 6. The highest BCUT2D eigenvalue weighted by Crippen LogP contribution is 2.50. The van der Waals surface area contributed by atoms with Crippen molar-refractivity contribution in [2.24, 2.45) is 0 Å². The summed E-state index contributed by atoms with van der Waals surface area (Å²) in [5.41, 5.74) is -4.94. The Hall–Kier alpha value is -2.72. The van der Waals surface area contributed by atoms with Crippen LogP contribution in [0.4, 0.5) is 13.2 Å². The van der Waals surface area contributed by atoms with E-state index in [4.69, 9.17) is 39.5 Å². The molecule has 1 heterocycles. The molecular formula is C24H19Cl3F3NO5. The molecule has 1 aromatic heterocycles. The Labute approximate surface area is 218 Å². The Kier molecular flexibility index (Phi) is 8.00. The van der Waals surface area contributed by atoms with Crippen LogP contribution in [0.1, 0.15) is 40.0 Å². The zero-order valence-corrected chi connectivity index (χ0v) is 21.2. The number of hydrogen-bond acceptors (Lipinski definition) is 5. The van der Waals surface area contributed by atoms with Gasteiger partial charge in [-0.3, -0.25) is 4.79 Å². The minimum absolute atomic E-state index is 0.0374. The molecule has 3 rings (SSSR count). The van der Waals surface area contributed by atoms with E-state index in [0.29, 0.717) is 0 Å². The second kappa shape index (κ2) is 10.3. The van der Waals surface area contributed by atoms with Crippen molar-refractivity contribution in [2.75, 3.05) is 7.11 Å². The molecule has 0 saturated heterocycles. The Bertz CT molecular complexity index is 1380. The van der Waals surface area contributed by atoms with Gasteiger partial charge in [-0.15, -0.1) is 0 Å². The van der Waals surface area contributed by atoms with Crippen molar-refractivity contribution < 1.29 is 32.5 Å². The number of carbonyl (C=O) groups is 1. The number of aryl methyl sites for hydroxylation is 1. The highest BCUT2D eigenvalue weighted by Gasteiger charge is 2.59. The topological polar surface area (TPSA) is 88.6 Å². The van der Waals surface area contributed by atoms with E-state index in [9.17, 15) is 27.9 Å². The van der Waals surface area contributed by atoms with Crippen molar-refractivity contribution in [3.8, 4) is 11.5 Å². The van der Waals surface area contributed by atoms with Crippen LogP contribution in [0, 0.1) is 6.92 Å². The summed E-state index contributed by atoms with van der Waals surface area (Å²) in [5.74, 6) is -1.86. The molecule has 2 N–H and O–H groups in total. The molecule has 0 aliphatic heterocycles. The smallest absolute Gasteiger partial charge is 0.422 e. The first kappa shape index (κ1) is 27.9. The molecule has 0 fully saturated rings. The SMILES string of the molecule is COC(=O)c1ccc(Oc2ccc(C(C)C(O)(c3cc(Cl)c(=O)[nH]c3C)C(F)(F)F)c(Cl)c2)cc1Cl. The number of aromatic amines is 1. The number of pyridine rings is 1. The molecule has 2 aromatic carbocycles. The summed E-state index contributed by atoms with van der Waals surface area (Å²) < 4.78 is 53.2. The van der Waals surface area contributed by atoms with E-state index in [2.05, 4.69) is 9.72 Å². The molecule has 0 aliphatic carbocycles. The highest BCUT2D eigenvalue weighted by atomic mass is 35.5. The molecule has 192 valence electrons. The third-order valence-corrected chi connectivity index (χ3v) is 6.60. The van der Waals surface area contributed by atoms with Gasteiger partial charge in [0.2, 0.25) is 0 Å². The van der Waals surface area contributed by atoms with Gasteiger partial charge in [-0.05, 0) is 42.8 Å². The molecule has 2 atom stereocenters. The molecule has 0 saturated carbocycles. The predicted molar refractivity (Wildman–Crippen MR) is 129 cm³/mol. The number of aromatic nitrogens is 1. The zero-order valence-electron chi connectivity index (χ0n) is 19.0. The molecule has 36 heavy (non-hydrogen) atoms. The van der Waals surface area contributed by atoms with Crippen LogP contribution in [0.5, 0.6) is 11.5 Å². The lowest BCUT2D eigenvalue weighted by molar-refractivity contribution is -0.274. The van der Waals surface area contributed by atoms with Crippen LogP contribution in [0.25, 0.3) is 0 Å². The molecule has 0 bridgehead atoms. The fourth-order valence-corrected chi connectivity index (χ4v) is 4.48. The summed E-state index contributed by atoms with van der Waals surface area (Å²) in [7, 11) is 1.21. The summed E-state index contributed by atoms with van der Waals surface area (Å²) in [6, 6.07) is 8.93. The second-order valence-electron chi connectivity index (χ2n) is 7.89. The lowest BCUT2D eigenvalue weighted by Gasteiger charge is -2.37. The van der Waals surface area contributed by atoms with Gasteiger partial charge < -0.3 is 19.6 Å². The van der Waals surface area contributed by atoms with E-state index >= 15 is 0 Å². The van der Waals surface area contributed by atoms with Gasteiger partial charge in [0.05, 0.1) is 17.7 Å². The van der Waals surface area contributed by atoms with E-state index < -0.39 is 39.8 Å².